The number of phosphoric acid groups is 2. The largest absolute Gasteiger partial charge is 0.472 e. The van der Waals surface area contributed by atoms with Crippen LogP contribution >= 0.6 is 15.6 Å². The summed E-state index contributed by atoms with van der Waals surface area (Å²) in [5.41, 5.74) is 0. The first-order valence-corrected chi connectivity index (χ1v) is 37.9. The van der Waals surface area contributed by atoms with Crippen molar-refractivity contribution in [1.29, 1.82) is 0 Å². The van der Waals surface area contributed by atoms with Crippen molar-refractivity contribution in [3.8, 4) is 0 Å². The molecule has 19 heteroatoms. The number of unbranched alkanes of at least 4 members (excludes halogenated alkanes) is 32. The van der Waals surface area contributed by atoms with Crippen LogP contribution in [0.15, 0.2) is 0 Å². The fourth-order valence-corrected chi connectivity index (χ4v) is 11.6. The Hall–Kier alpha value is -1.94. The maximum absolute atomic E-state index is 13.0. The molecule has 0 spiro atoms. The quantitative estimate of drug-likeness (QED) is 0.0222. The molecular weight excluding hydrogens is 1140 g/mol. The van der Waals surface area contributed by atoms with E-state index >= 15 is 0 Å². The Morgan fingerprint density at radius 1 is 0.337 bits per heavy atom. The van der Waals surface area contributed by atoms with E-state index in [4.69, 9.17) is 37.0 Å². The van der Waals surface area contributed by atoms with Gasteiger partial charge in [-0.05, 0) is 43.4 Å². The molecule has 0 amide bonds. The summed E-state index contributed by atoms with van der Waals surface area (Å²) >= 11 is 0. The molecule has 0 rings (SSSR count). The molecule has 0 bridgehead atoms. The predicted molar refractivity (Wildman–Crippen MR) is 344 cm³/mol. The maximum Gasteiger partial charge on any atom is 0.472 e. The van der Waals surface area contributed by atoms with Crippen molar-refractivity contribution in [2.45, 2.75) is 349 Å². The zero-order valence-corrected chi connectivity index (χ0v) is 57.6. The minimum Gasteiger partial charge on any atom is -0.462 e. The number of aliphatic hydroxyl groups is 1. The van der Waals surface area contributed by atoms with Crippen molar-refractivity contribution in [2.75, 3.05) is 39.6 Å². The van der Waals surface area contributed by atoms with E-state index in [0.29, 0.717) is 37.5 Å². The minimum absolute atomic E-state index is 0.101. The highest BCUT2D eigenvalue weighted by atomic mass is 31.2. The molecule has 17 nitrogen and oxygen atoms in total. The molecule has 0 aliphatic carbocycles. The number of aliphatic hydroxyl groups excluding tert-OH is 1. The third kappa shape index (κ3) is 59.7. The predicted octanol–water partition coefficient (Wildman–Crippen LogP) is 18.7. The number of rotatable bonds is 65. The molecule has 0 radical (unpaired) electrons. The van der Waals surface area contributed by atoms with Gasteiger partial charge in [-0.3, -0.25) is 37.3 Å². The van der Waals surface area contributed by atoms with Crippen LogP contribution in [-0.2, 0) is 65.4 Å². The number of esters is 4. The van der Waals surface area contributed by atoms with Gasteiger partial charge in [-0.25, -0.2) is 9.13 Å². The molecule has 0 aromatic carbocycles. The van der Waals surface area contributed by atoms with Crippen LogP contribution in [0.1, 0.15) is 331 Å². The van der Waals surface area contributed by atoms with E-state index in [1.807, 2.05) is 0 Å². The van der Waals surface area contributed by atoms with E-state index < -0.39 is 97.5 Å². The first kappa shape index (κ1) is 84.1. The molecule has 0 fully saturated rings. The van der Waals surface area contributed by atoms with Gasteiger partial charge in [0.15, 0.2) is 12.2 Å². The fraction of sp³-hybridized carbons (Fsp3) is 0.940. The third-order valence-electron chi connectivity index (χ3n) is 15.7. The van der Waals surface area contributed by atoms with Crippen molar-refractivity contribution in [3.05, 3.63) is 0 Å². The van der Waals surface area contributed by atoms with Crippen LogP contribution in [-0.4, -0.2) is 96.7 Å². The number of phosphoric ester groups is 2. The van der Waals surface area contributed by atoms with Gasteiger partial charge >= 0.3 is 39.5 Å². The SMILES string of the molecule is CCCCCCCCCCCCCCCCC(=O)OC[C@H](COP(=O)(O)OC[C@@H](O)COP(=O)(O)OC[C@@H](COC(=O)CCCCCCCCC(C)C)OC(=O)CCCCCCCCC(C)C)OC(=O)CCCCCCCCCCCCC(C)CC. The van der Waals surface area contributed by atoms with Gasteiger partial charge in [-0.2, -0.15) is 0 Å². The highest BCUT2D eigenvalue weighted by Crippen LogP contribution is 2.45. The average Bonchev–Trinajstić information content (AvgIpc) is 3.52. The Kier molecular flexibility index (Phi) is 56.9. The molecule has 3 N–H and O–H groups in total. The lowest BCUT2D eigenvalue weighted by Gasteiger charge is -2.21. The highest BCUT2D eigenvalue weighted by molar-refractivity contribution is 7.47. The van der Waals surface area contributed by atoms with Crippen LogP contribution in [0, 0.1) is 17.8 Å². The number of carbonyl (C=O) groups is 4. The molecule has 0 aromatic heterocycles. The lowest BCUT2D eigenvalue weighted by Crippen LogP contribution is -2.30. The highest BCUT2D eigenvalue weighted by Gasteiger charge is 2.30. The Morgan fingerprint density at radius 3 is 0.884 bits per heavy atom. The molecule has 0 heterocycles. The minimum atomic E-state index is -4.95. The molecule has 0 aliphatic heterocycles. The lowest BCUT2D eigenvalue weighted by atomic mass is 9.99. The number of carbonyl (C=O) groups excluding carboxylic acids is 4. The summed E-state index contributed by atoms with van der Waals surface area (Å²) in [6.07, 6.45) is 40.5. The number of hydrogen-bond acceptors (Lipinski definition) is 15. The molecule has 0 aliphatic rings. The Morgan fingerprint density at radius 2 is 0.593 bits per heavy atom. The van der Waals surface area contributed by atoms with Gasteiger partial charge < -0.3 is 33.8 Å². The van der Waals surface area contributed by atoms with E-state index in [0.717, 1.165) is 102 Å². The monoisotopic (exact) mass is 1270 g/mol. The van der Waals surface area contributed by atoms with Gasteiger partial charge in [0.1, 0.15) is 19.3 Å². The molecule has 3 unspecified atom stereocenters. The Bertz CT molecular complexity index is 1700. The van der Waals surface area contributed by atoms with Crippen LogP contribution in [0.5, 0.6) is 0 Å². The zero-order chi connectivity index (χ0) is 63.8. The first-order chi connectivity index (χ1) is 41.3. The van der Waals surface area contributed by atoms with Gasteiger partial charge in [0.2, 0.25) is 0 Å². The van der Waals surface area contributed by atoms with Crippen LogP contribution in [0.4, 0.5) is 0 Å². The van der Waals surface area contributed by atoms with Crippen LogP contribution in [0.2, 0.25) is 0 Å². The summed E-state index contributed by atoms with van der Waals surface area (Å²) < 4.78 is 68.1. The van der Waals surface area contributed by atoms with E-state index in [2.05, 4.69) is 48.5 Å². The van der Waals surface area contributed by atoms with E-state index in [1.54, 1.807) is 0 Å². The van der Waals surface area contributed by atoms with E-state index in [-0.39, 0.29) is 25.7 Å². The van der Waals surface area contributed by atoms with Crippen molar-refractivity contribution in [3.63, 3.8) is 0 Å². The van der Waals surface area contributed by atoms with Gasteiger partial charge in [0.25, 0.3) is 0 Å². The second-order valence-electron chi connectivity index (χ2n) is 25.4. The summed E-state index contributed by atoms with van der Waals surface area (Å²) in [7, 11) is -9.89. The lowest BCUT2D eigenvalue weighted by molar-refractivity contribution is -0.161. The Labute approximate surface area is 524 Å². The summed E-state index contributed by atoms with van der Waals surface area (Å²) in [6, 6.07) is 0. The van der Waals surface area contributed by atoms with Crippen molar-refractivity contribution in [1.82, 2.24) is 0 Å². The average molecular weight is 1270 g/mol. The maximum atomic E-state index is 13.0. The summed E-state index contributed by atoms with van der Waals surface area (Å²) in [4.78, 5) is 72.3. The Balaban J connectivity index is 5.24. The standard InChI is InChI=1S/C67H130O17P2/c1-8-10-11-12-13-14-15-16-17-18-22-25-34-41-48-64(69)77-54-62(83-66(71)50-43-36-26-23-20-19-21-24-33-40-47-60(7)9-2)56-81-85(73,74)79-52-61(68)53-80-86(75,76)82-57-63(84-67(72)51-44-37-30-28-32-39-46-59(5)6)55-78-65(70)49-42-35-29-27-31-38-45-58(3)4/h58-63,68H,8-57H2,1-7H3,(H,73,74)(H,75,76)/t60?,61-,62-,63-/m1/s1. The number of ether oxygens (including phenoxy) is 4. The van der Waals surface area contributed by atoms with Crippen LogP contribution in [0.25, 0.3) is 0 Å². The van der Waals surface area contributed by atoms with Gasteiger partial charge in [-0.15, -0.1) is 0 Å². The normalized spacial score (nSPS) is 14.6. The molecular formula is C67H130O17P2. The third-order valence-corrected chi connectivity index (χ3v) is 17.6. The summed E-state index contributed by atoms with van der Waals surface area (Å²) in [5, 5.41) is 10.6. The first-order valence-electron chi connectivity index (χ1n) is 34.9. The molecule has 510 valence electrons. The molecule has 6 atom stereocenters. The van der Waals surface area contributed by atoms with Crippen molar-refractivity contribution >= 4 is 39.5 Å². The summed E-state index contributed by atoms with van der Waals surface area (Å²) in [6.45, 7) is 11.7. The van der Waals surface area contributed by atoms with Crippen molar-refractivity contribution in [2.24, 2.45) is 17.8 Å². The summed E-state index contributed by atoms with van der Waals surface area (Å²) in [5.74, 6) is 0.0157. The zero-order valence-electron chi connectivity index (χ0n) is 55.8. The van der Waals surface area contributed by atoms with E-state index in [1.165, 1.54) is 135 Å². The van der Waals surface area contributed by atoms with Gasteiger partial charge in [-0.1, -0.05) is 280 Å². The smallest absolute Gasteiger partial charge is 0.462 e. The fourth-order valence-electron chi connectivity index (χ4n) is 9.98. The second kappa shape index (κ2) is 58.2. The van der Waals surface area contributed by atoms with E-state index in [9.17, 15) is 43.2 Å². The van der Waals surface area contributed by atoms with Gasteiger partial charge in [0.05, 0.1) is 26.4 Å². The second-order valence-corrected chi connectivity index (χ2v) is 28.3. The molecule has 0 saturated carbocycles. The van der Waals surface area contributed by atoms with Gasteiger partial charge in [0, 0.05) is 25.7 Å². The molecule has 86 heavy (non-hydrogen) atoms. The molecule has 0 saturated heterocycles. The molecule has 0 aromatic rings. The van der Waals surface area contributed by atoms with Crippen LogP contribution < -0.4 is 0 Å². The topological polar surface area (TPSA) is 237 Å². The number of hydrogen-bond donors (Lipinski definition) is 3. The van der Waals surface area contributed by atoms with Crippen molar-refractivity contribution < 1.29 is 80.2 Å². The van der Waals surface area contributed by atoms with Crippen LogP contribution in [0.3, 0.4) is 0 Å².